The van der Waals surface area contributed by atoms with Crippen molar-refractivity contribution in [2.24, 2.45) is 0 Å². The van der Waals surface area contributed by atoms with E-state index in [-0.39, 0.29) is 5.91 Å². The summed E-state index contributed by atoms with van der Waals surface area (Å²) in [6, 6.07) is 18.0. The Morgan fingerprint density at radius 2 is 1.96 bits per heavy atom. The lowest BCUT2D eigenvalue weighted by Crippen LogP contribution is -2.17. The van der Waals surface area contributed by atoms with Crippen molar-refractivity contribution in [3.05, 3.63) is 76.2 Å². The van der Waals surface area contributed by atoms with Gasteiger partial charge in [0, 0.05) is 36.8 Å². The highest BCUT2D eigenvalue weighted by Gasteiger charge is 2.12. The average molecular weight is 351 g/mol. The summed E-state index contributed by atoms with van der Waals surface area (Å²) in [5.74, 6) is -0.174. The Morgan fingerprint density at radius 1 is 1.16 bits per heavy atom. The molecule has 0 fully saturated rings. The van der Waals surface area contributed by atoms with E-state index in [0.717, 1.165) is 29.3 Å². The maximum absolute atomic E-state index is 12.4. The van der Waals surface area contributed by atoms with E-state index in [4.69, 9.17) is 0 Å². The van der Waals surface area contributed by atoms with E-state index in [0.29, 0.717) is 5.69 Å². The number of nitrogens with one attached hydrogen (secondary N) is 1. The van der Waals surface area contributed by atoms with Gasteiger partial charge in [-0.2, -0.15) is 0 Å². The van der Waals surface area contributed by atoms with Gasteiger partial charge in [0.1, 0.15) is 5.69 Å². The van der Waals surface area contributed by atoms with Gasteiger partial charge in [0.05, 0.1) is 5.01 Å². The van der Waals surface area contributed by atoms with Gasteiger partial charge in [-0.25, -0.2) is 4.98 Å². The highest BCUT2D eigenvalue weighted by atomic mass is 32.1. The van der Waals surface area contributed by atoms with E-state index in [1.165, 1.54) is 16.9 Å². The maximum atomic E-state index is 12.4. The molecule has 2 aromatic carbocycles. The highest BCUT2D eigenvalue weighted by Crippen LogP contribution is 2.20. The first-order valence-corrected chi connectivity index (χ1v) is 9.14. The molecule has 0 unspecified atom stereocenters. The predicted molar refractivity (Wildman–Crippen MR) is 105 cm³/mol. The molecule has 0 aliphatic heterocycles. The summed E-state index contributed by atoms with van der Waals surface area (Å²) in [6.07, 6.45) is 0.746. The molecule has 1 N–H and O–H groups in total. The van der Waals surface area contributed by atoms with E-state index in [2.05, 4.69) is 34.3 Å². The Balaban J connectivity index is 1.68. The van der Waals surface area contributed by atoms with Crippen LogP contribution < -0.4 is 10.2 Å². The quantitative estimate of drug-likeness (QED) is 0.714. The largest absolute Gasteiger partial charge is 0.375 e. The van der Waals surface area contributed by atoms with Gasteiger partial charge in [-0.05, 0) is 30.7 Å². The summed E-state index contributed by atoms with van der Waals surface area (Å²) in [4.78, 5) is 19.0. The third kappa shape index (κ3) is 4.45. The van der Waals surface area contributed by atoms with Crippen LogP contribution in [0, 0.1) is 0 Å². The summed E-state index contributed by atoms with van der Waals surface area (Å²) in [7, 11) is 2.03. The number of benzene rings is 2. The van der Waals surface area contributed by atoms with Gasteiger partial charge in [0.25, 0.3) is 5.91 Å². The average Bonchev–Trinajstić information content (AvgIpc) is 3.11. The molecule has 1 heterocycles. The van der Waals surface area contributed by atoms with Gasteiger partial charge >= 0.3 is 0 Å². The van der Waals surface area contributed by atoms with Gasteiger partial charge < -0.3 is 10.2 Å². The molecule has 0 saturated carbocycles. The molecular formula is C20H21N3OS. The van der Waals surface area contributed by atoms with Crippen LogP contribution in [-0.2, 0) is 6.42 Å². The van der Waals surface area contributed by atoms with Gasteiger partial charge in [0.15, 0.2) is 0 Å². The van der Waals surface area contributed by atoms with E-state index >= 15 is 0 Å². The standard InChI is InChI=1S/C20H21N3OS/c1-3-23(2)17-11-7-10-16(13-17)21-20(24)18-14-25-19(22-18)12-15-8-5-4-6-9-15/h4-11,13-14H,3,12H2,1-2H3,(H,21,24). The number of aromatic nitrogens is 1. The molecule has 1 aromatic heterocycles. The lowest BCUT2D eigenvalue weighted by molar-refractivity contribution is 0.102. The smallest absolute Gasteiger partial charge is 0.275 e. The second kappa shape index (κ2) is 7.94. The van der Waals surface area contributed by atoms with Crippen LogP contribution in [0.3, 0.4) is 0 Å². The minimum atomic E-state index is -0.174. The third-order valence-electron chi connectivity index (χ3n) is 4.00. The summed E-state index contributed by atoms with van der Waals surface area (Å²) in [5.41, 5.74) is 3.51. The van der Waals surface area contributed by atoms with E-state index < -0.39 is 0 Å². The molecule has 0 aliphatic carbocycles. The fraction of sp³-hybridized carbons (Fsp3) is 0.200. The van der Waals surface area contributed by atoms with Gasteiger partial charge in [0.2, 0.25) is 0 Å². The topological polar surface area (TPSA) is 45.2 Å². The number of carbonyl (C=O) groups is 1. The van der Waals surface area contributed by atoms with Crippen molar-refractivity contribution in [3.8, 4) is 0 Å². The molecule has 3 aromatic rings. The second-order valence-electron chi connectivity index (χ2n) is 5.81. The molecule has 0 aliphatic rings. The molecule has 3 rings (SSSR count). The Kier molecular flexibility index (Phi) is 5.46. The Bertz CT molecular complexity index is 845. The van der Waals surface area contributed by atoms with Crippen molar-refractivity contribution >= 4 is 28.6 Å². The molecule has 128 valence electrons. The van der Waals surface area contributed by atoms with Gasteiger partial charge in [-0.1, -0.05) is 36.4 Å². The van der Waals surface area contributed by atoms with Crippen LogP contribution in [0.2, 0.25) is 0 Å². The normalized spacial score (nSPS) is 10.5. The first-order chi connectivity index (χ1) is 12.2. The number of amides is 1. The zero-order valence-corrected chi connectivity index (χ0v) is 15.2. The van der Waals surface area contributed by atoms with E-state index in [9.17, 15) is 4.79 Å². The molecule has 0 atom stereocenters. The zero-order valence-electron chi connectivity index (χ0n) is 14.4. The van der Waals surface area contributed by atoms with Crippen molar-refractivity contribution < 1.29 is 4.79 Å². The lowest BCUT2D eigenvalue weighted by atomic mass is 10.2. The molecular weight excluding hydrogens is 330 g/mol. The third-order valence-corrected chi connectivity index (χ3v) is 4.85. The van der Waals surface area contributed by atoms with E-state index in [1.807, 2.05) is 54.9 Å². The van der Waals surface area contributed by atoms with Crippen LogP contribution in [0.4, 0.5) is 11.4 Å². The fourth-order valence-corrected chi connectivity index (χ4v) is 3.27. The van der Waals surface area contributed by atoms with Crippen LogP contribution in [0.25, 0.3) is 0 Å². The number of thiazole rings is 1. The van der Waals surface area contributed by atoms with Crippen molar-refractivity contribution in [2.75, 3.05) is 23.8 Å². The van der Waals surface area contributed by atoms with Crippen LogP contribution in [0.5, 0.6) is 0 Å². The van der Waals surface area contributed by atoms with Crippen LogP contribution >= 0.6 is 11.3 Å². The first kappa shape index (κ1) is 17.2. The van der Waals surface area contributed by atoms with Crippen LogP contribution in [-0.4, -0.2) is 24.5 Å². The van der Waals surface area contributed by atoms with Crippen LogP contribution in [0.1, 0.15) is 28.0 Å². The molecule has 25 heavy (non-hydrogen) atoms. The van der Waals surface area contributed by atoms with Gasteiger partial charge in [-0.15, -0.1) is 11.3 Å². The minimum absolute atomic E-state index is 0.174. The predicted octanol–water partition coefficient (Wildman–Crippen LogP) is 4.44. The lowest BCUT2D eigenvalue weighted by Gasteiger charge is -2.17. The molecule has 5 heteroatoms. The number of carbonyl (C=O) groups excluding carboxylic acids is 1. The van der Waals surface area contributed by atoms with Crippen molar-refractivity contribution in [2.45, 2.75) is 13.3 Å². The fourth-order valence-electron chi connectivity index (χ4n) is 2.47. The summed E-state index contributed by atoms with van der Waals surface area (Å²) in [5, 5.41) is 5.69. The summed E-state index contributed by atoms with van der Waals surface area (Å²) in [6.45, 7) is 3.00. The molecule has 4 nitrogen and oxygen atoms in total. The van der Waals surface area contributed by atoms with Crippen molar-refractivity contribution in [1.82, 2.24) is 4.98 Å². The number of rotatable bonds is 6. The molecule has 0 radical (unpaired) electrons. The van der Waals surface area contributed by atoms with Crippen LogP contribution in [0.15, 0.2) is 60.0 Å². The maximum Gasteiger partial charge on any atom is 0.275 e. The minimum Gasteiger partial charge on any atom is -0.375 e. The Labute approximate surface area is 152 Å². The summed E-state index contributed by atoms with van der Waals surface area (Å²) < 4.78 is 0. The highest BCUT2D eigenvalue weighted by molar-refractivity contribution is 7.09. The Hall–Kier alpha value is -2.66. The van der Waals surface area contributed by atoms with Crippen molar-refractivity contribution in [1.29, 1.82) is 0 Å². The monoisotopic (exact) mass is 351 g/mol. The number of hydrogen-bond donors (Lipinski definition) is 1. The first-order valence-electron chi connectivity index (χ1n) is 8.26. The Morgan fingerprint density at radius 3 is 2.72 bits per heavy atom. The second-order valence-corrected chi connectivity index (χ2v) is 6.75. The van der Waals surface area contributed by atoms with Gasteiger partial charge in [-0.3, -0.25) is 4.79 Å². The number of anilines is 2. The van der Waals surface area contributed by atoms with E-state index in [1.54, 1.807) is 0 Å². The van der Waals surface area contributed by atoms with Crippen molar-refractivity contribution in [3.63, 3.8) is 0 Å². The molecule has 0 spiro atoms. The molecule has 0 bridgehead atoms. The molecule has 0 saturated heterocycles. The number of hydrogen-bond acceptors (Lipinski definition) is 4. The number of nitrogens with zero attached hydrogens (tertiary/aromatic N) is 2. The SMILES string of the molecule is CCN(C)c1cccc(NC(=O)c2csc(Cc3ccccc3)n2)c1. The zero-order chi connectivity index (χ0) is 17.6. The molecule has 1 amide bonds. The summed E-state index contributed by atoms with van der Waals surface area (Å²) >= 11 is 1.51.